The van der Waals surface area contributed by atoms with Crippen molar-refractivity contribution in [2.75, 3.05) is 41.8 Å². The Kier molecular flexibility index (Phi) is 7.72. The molecule has 1 amide bonds. The van der Waals surface area contributed by atoms with Crippen molar-refractivity contribution in [3.63, 3.8) is 0 Å². The topological polar surface area (TPSA) is 94.1 Å². The predicted molar refractivity (Wildman–Crippen MR) is 148 cm³/mol. The highest BCUT2D eigenvalue weighted by Crippen LogP contribution is 2.33. The quantitative estimate of drug-likeness (QED) is 0.318. The van der Waals surface area contributed by atoms with Crippen LogP contribution >= 0.6 is 0 Å². The minimum absolute atomic E-state index is 0.0537. The Balaban J connectivity index is 1.36. The molecule has 1 aromatic heterocycles. The number of aromatic nitrogens is 2. The lowest BCUT2D eigenvalue weighted by Crippen LogP contribution is -2.97. The third-order valence-corrected chi connectivity index (χ3v) is 7.43. The monoisotopic (exact) mass is 555 g/mol. The molecule has 0 aliphatic carbocycles. The number of rotatable bonds is 8. The third-order valence-electron chi connectivity index (χ3n) is 7.43. The highest BCUT2D eigenvalue weighted by molar-refractivity contribution is 6.08. The average molecular weight is 556 g/mol. The molecule has 0 radical (unpaired) electrons. The molecular weight excluding hydrogens is 521 g/mol. The van der Waals surface area contributed by atoms with Crippen LogP contribution in [0.25, 0.3) is 5.70 Å². The second-order valence-electron chi connectivity index (χ2n) is 10.2. The number of carbonyl (C=O) groups excluding carboxylic acids is 1. The fourth-order valence-electron chi connectivity index (χ4n) is 4.98. The first-order valence-electron chi connectivity index (χ1n) is 13.3. The largest absolute Gasteiger partial charge is 0.416 e. The van der Waals surface area contributed by atoms with Gasteiger partial charge < -0.3 is 15.5 Å². The Hall–Kier alpha value is -4.03. The number of aryl methyl sites for hydroxylation is 2. The van der Waals surface area contributed by atoms with E-state index in [9.17, 15) is 18.0 Å². The number of benzene rings is 2. The maximum Gasteiger partial charge on any atom is 0.416 e. The number of hydrogen-bond donors (Lipinski definition) is 4. The van der Waals surface area contributed by atoms with Gasteiger partial charge in [-0.3, -0.25) is 9.48 Å². The zero-order chi connectivity index (χ0) is 28.4. The number of anilines is 3. The standard InChI is InChI=1S/C28H33F3N8O/c1-18-6-8-21(15-26(18)39-17-25(35-36-39)23-16-33-37(3)19(23)2)34-27(40)22-14-20(28(29,30)31)7-9-24(22)32-10-13-38-11-4-5-12-38/h6-9,14-17,32,35-36H,4-5,10-13H2,1-3H3,(H,34,40)/p+1. The Bertz CT molecular complexity index is 1430. The van der Waals surface area contributed by atoms with Crippen molar-refractivity contribution in [3.8, 4) is 0 Å². The van der Waals surface area contributed by atoms with E-state index in [0.717, 1.165) is 72.8 Å². The van der Waals surface area contributed by atoms with Gasteiger partial charge in [-0.1, -0.05) is 6.07 Å². The maximum absolute atomic E-state index is 13.5. The molecule has 0 atom stereocenters. The third kappa shape index (κ3) is 5.92. The summed E-state index contributed by atoms with van der Waals surface area (Å²) in [5.74, 6) is -0.615. The summed E-state index contributed by atoms with van der Waals surface area (Å²) in [7, 11) is 1.88. The van der Waals surface area contributed by atoms with Gasteiger partial charge >= 0.3 is 6.18 Å². The Morgan fingerprint density at radius 2 is 1.90 bits per heavy atom. The molecule has 0 bridgehead atoms. The molecule has 5 rings (SSSR count). The number of hydrogen-bond acceptors (Lipinski definition) is 6. The van der Waals surface area contributed by atoms with Crippen LogP contribution in [0, 0.1) is 13.8 Å². The summed E-state index contributed by atoms with van der Waals surface area (Å²) in [5, 5.41) is 12.2. The Labute approximate surface area is 231 Å². The second kappa shape index (κ2) is 11.2. The molecule has 0 saturated carbocycles. The lowest BCUT2D eigenvalue weighted by molar-refractivity contribution is -0.696. The van der Waals surface area contributed by atoms with Gasteiger partial charge in [-0.15, -0.1) is 5.53 Å². The molecule has 2 aliphatic rings. The molecule has 40 heavy (non-hydrogen) atoms. The van der Waals surface area contributed by atoms with Crippen LogP contribution in [-0.4, -0.2) is 46.8 Å². The summed E-state index contributed by atoms with van der Waals surface area (Å²) < 4.78 is 42.3. The second-order valence-corrected chi connectivity index (χ2v) is 10.2. The van der Waals surface area contributed by atoms with Crippen LogP contribution in [0.3, 0.4) is 0 Å². The summed E-state index contributed by atoms with van der Waals surface area (Å²) in [6, 6.07) is 8.65. The molecule has 0 unspecified atom stereocenters. The van der Waals surface area contributed by atoms with Crippen molar-refractivity contribution in [3.05, 3.63) is 76.7 Å². The molecule has 3 heterocycles. The van der Waals surface area contributed by atoms with Crippen molar-refractivity contribution in [1.82, 2.24) is 20.1 Å². The molecule has 2 aliphatic heterocycles. The number of nitrogens with one attached hydrogen (secondary N) is 3. The zero-order valence-electron chi connectivity index (χ0n) is 22.8. The number of halogens is 3. The van der Waals surface area contributed by atoms with Gasteiger partial charge in [0.2, 0.25) is 0 Å². The van der Waals surface area contributed by atoms with Gasteiger partial charge in [0.25, 0.3) is 5.91 Å². The molecule has 212 valence electrons. The number of alkyl halides is 3. The summed E-state index contributed by atoms with van der Waals surface area (Å²) in [4.78, 5) is 15.6. The van der Waals surface area contributed by atoms with E-state index in [1.54, 1.807) is 23.0 Å². The predicted octanol–water partition coefficient (Wildman–Crippen LogP) is 3.62. The molecule has 1 fully saturated rings. The molecule has 0 spiro atoms. The highest BCUT2D eigenvalue weighted by atomic mass is 19.4. The van der Waals surface area contributed by atoms with E-state index in [0.29, 0.717) is 17.9 Å². The van der Waals surface area contributed by atoms with Crippen LogP contribution in [0.15, 0.2) is 48.8 Å². The van der Waals surface area contributed by atoms with E-state index in [-0.39, 0.29) is 5.56 Å². The van der Waals surface area contributed by atoms with E-state index in [1.807, 2.05) is 43.7 Å². The number of nitrogens with two attached hydrogens (primary N) is 1. The summed E-state index contributed by atoms with van der Waals surface area (Å²) >= 11 is 0. The zero-order valence-corrected chi connectivity index (χ0v) is 22.8. The lowest BCUT2D eigenvalue weighted by atomic mass is 10.1. The molecule has 12 heteroatoms. The number of amides is 1. The van der Waals surface area contributed by atoms with E-state index < -0.39 is 17.6 Å². The SMILES string of the molecule is Cc1ccc(NC(=O)c2cc(C(F)(F)F)ccc2NCCN2CCCC2)cc1N1C=C(c2cnn(C)c2C)N[NH2+]1. The molecule has 3 aromatic rings. The molecule has 1 saturated heterocycles. The van der Waals surface area contributed by atoms with Crippen LogP contribution in [0.2, 0.25) is 0 Å². The van der Waals surface area contributed by atoms with Crippen LogP contribution in [-0.2, 0) is 13.2 Å². The van der Waals surface area contributed by atoms with Crippen LogP contribution in [0.5, 0.6) is 0 Å². The van der Waals surface area contributed by atoms with E-state index in [4.69, 9.17) is 0 Å². The van der Waals surface area contributed by atoms with E-state index >= 15 is 0 Å². The van der Waals surface area contributed by atoms with Gasteiger partial charge in [0.05, 0.1) is 23.5 Å². The van der Waals surface area contributed by atoms with Gasteiger partial charge in [0.15, 0.2) is 0 Å². The van der Waals surface area contributed by atoms with Crippen LogP contribution in [0.4, 0.5) is 30.2 Å². The van der Waals surface area contributed by atoms with Gasteiger partial charge in [0, 0.05) is 42.8 Å². The van der Waals surface area contributed by atoms with E-state index in [1.165, 1.54) is 6.07 Å². The number of quaternary nitrogens is 1. The van der Waals surface area contributed by atoms with Crippen LogP contribution < -0.4 is 26.6 Å². The highest BCUT2D eigenvalue weighted by Gasteiger charge is 2.32. The first-order valence-corrected chi connectivity index (χ1v) is 13.3. The minimum atomic E-state index is -4.56. The van der Waals surface area contributed by atoms with Crippen molar-refractivity contribution >= 4 is 28.7 Å². The van der Waals surface area contributed by atoms with Gasteiger partial charge in [-0.05, 0) is 75.7 Å². The summed E-state index contributed by atoms with van der Waals surface area (Å²) in [5.41, 5.74) is 9.63. The number of likely N-dealkylation sites (tertiary alicyclic amines) is 1. The van der Waals surface area contributed by atoms with Crippen molar-refractivity contribution in [2.45, 2.75) is 32.9 Å². The van der Waals surface area contributed by atoms with Gasteiger partial charge in [-0.25, -0.2) is 5.43 Å². The van der Waals surface area contributed by atoms with Crippen molar-refractivity contribution < 1.29 is 23.5 Å². The smallest absolute Gasteiger partial charge is 0.383 e. The van der Waals surface area contributed by atoms with Gasteiger partial charge in [0.1, 0.15) is 11.4 Å². The number of carbonyl (C=O) groups is 1. The Morgan fingerprint density at radius 1 is 1.12 bits per heavy atom. The van der Waals surface area contributed by atoms with Crippen LogP contribution in [0.1, 0.15) is 45.6 Å². The molecule has 5 N–H and O–H groups in total. The van der Waals surface area contributed by atoms with Crippen molar-refractivity contribution in [1.29, 1.82) is 0 Å². The normalized spacial score (nSPS) is 15.8. The average Bonchev–Trinajstić information content (AvgIpc) is 3.68. The fourth-order valence-corrected chi connectivity index (χ4v) is 4.98. The minimum Gasteiger partial charge on any atom is -0.383 e. The first-order chi connectivity index (χ1) is 19.1. The maximum atomic E-state index is 13.5. The summed E-state index contributed by atoms with van der Waals surface area (Å²) in [6.07, 6.45) is 1.47. The van der Waals surface area contributed by atoms with Crippen molar-refractivity contribution in [2.24, 2.45) is 7.05 Å². The first kappa shape index (κ1) is 27.5. The van der Waals surface area contributed by atoms with E-state index in [2.05, 4.69) is 26.1 Å². The summed E-state index contributed by atoms with van der Waals surface area (Å²) in [6.45, 7) is 7.25. The lowest BCUT2D eigenvalue weighted by Gasteiger charge is -2.19. The molecule has 2 aromatic carbocycles. The molecule has 9 nitrogen and oxygen atoms in total. The molecular formula is C28H34F3N8O+. The van der Waals surface area contributed by atoms with Gasteiger partial charge in [-0.2, -0.15) is 23.3 Å². The fraction of sp³-hybridized carbons (Fsp3) is 0.357. The Morgan fingerprint density at radius 3 is 2.60 bits per heavy atom. The number of nitrogens with zero attached hydrogens (tertiary/aromatic N) is 4.